The van der Waals surface area contributed by atoms with Gasteiger partial charge in [0.25, 0.3) is 0 Å². The van der Waals surface area contributed by atoms with E-state index in [1.807, 2.05) is 32.0 Å². The normalized spacial score (nSPS) is 9.00. The summed E-state index contributed by atoms with van der Waals surface area (Å²) in [5.41, 5.74) is 0. The summed E-state index contributed by atoms with van der Waals surface area (Å²) >= 11 is 2.08. The Morgan fingerprint density at radius 3 is 2.07 bits per heavy atom. The van der Waals surface area contributed by atoms with Crippen LogP contribution in [0, 0.1) is 0 Å². The van der Waals surface area contributed by atoms with Crippen LogP contribution in [0.5, 0.6) is 0 Å². The Hall–Kier alpha value is -0.596. The van der Waals surface area contributed by atoms with Gasteiger partial charge in [-0.2, -0.15) is 0 Å². The Morgan fingerprint density at radius 2 is 1.87 bits per heavy atom. The second-order valence-electron chi connectivity index (χ2n) is 3.26. The molecular formula is C12H17O2Ti. The van der Waals surface area contributed by atoms with Crippen LogP contribution in [0.15, 0.2) is 30.3 Å². The maximum absolute atomic E-state index is 10.4. The first-order valence-electron chi connectivity index (χ1n) is 5.02. The van der Waals surface area contributed by atoms with Gasteiger partial charge in [-0.1, -0.05) is 6.92 Å². The number of carbonyl (C=O) groups excluding carboxylic acids is 1. The number of ether oxygens (including phenoxy) is 1. The van der Waals surface area contributed by atoms with Crippen molar-refractivity contribution in [3.8, 4) is 0 Å². The number of carbonyl (C=O) groups is 1. The Morgan fingerprint density at radius 1 is 1.33 bits per heavy atom. The summed E-state index contributed by atoms with van der Waals surface area (Å²) in [6.07, 6.45) is 0.500. The standard InChI is InChI=1S/C6H12O2.C6H5.Ti/c1-4-6(7)8-5(2)3;1-2-4-6-5-3-1;/h5H,4H2,1-3H3;1-5H;. The summed E-state index contributed by atoms with van der Waals surface area (Å²) in [5.74, 6) is -0.125. The summed E-state index contributed by atoms with van der Waals surface area (Å²) in [7, 11) is 0. The Labute approximate surface area is 103 Å². The van der Waals surface area contributed by atoms with E-state index in [0.717, 1.165) is 0 Å². The molecule has 1 rings (SSSR count). The van der Waals surface area contributed by atoms with E-state index in [1.165, 1.54) is 3.87 Å². The van der Waals surface area contributed by atoms with Gasteiger partial charge in [0.2, 0.25) is 0 Å². The monoisotopic (exact) mass is 241 g/mol. The second kappa shape index (κ2) is 8.69. The molecule has 0 unspecified atom stereocenters. The Kier molecular flexibility index (Phi) is 8.35. The molecule has 0 aliphatic heterocycles. The van der Waals surface area contributed by atoms with Crippen molar-refractivity contribution in [2.24, 2.45) is 0 Å². The number of benzene rings is 1. The molecule has 0 aliphatic rings. The Bertz CT molecular complexity index is 270. The van der Waals surface area contributed by atoms with E-state index in [4.69, 9.17) is 4.74 Å². The number of esters is 1. The van der Waals surface area contributed by atoms with Crippen molar-refractivity contribution in [2.75, 3.05) is 0 Å². The van der Waals surface area contributed by atoms with E-state index in [1.54, 1.807) is 6.92 Å². The van der Waals surface area contributed by atoms with Crippen molar-refractivity contribution in [2.45, 2.75) is 33.3 Å². The van der Waals surface area contributed by atoms with Gasteiger partial charge in [-0.05, 0) is 13.8 Å². The molecule has 0 N–H and O–H groups in total. The average molecular weight is 241 g/mol. The topological polar surface area (TPSA) is 26.3 Å². The van der Waals surface area contributed by atoms with Gasteiger partial charge in [-0.3, -0.25) is 4.79 Å². The maximum atomic E-state index is 10.4. The summed E-state index contributed by atoms with van der Waals surface area (Å²) in [6, 6.07) is 10.3. The third-order valence-electron chi connectivity index (χ3n) is 1.43. The minimum absolute atomic E-state index is 0.0300. The van der Waals surface area contributed by atoms with Crippen molar-refractivity contribution < 1.29 is 30.0 Å². The van der Waals surface area contributed by atoms with Crippen LogP contribution in [-0.4, -0.2) is 12.1 Å². The molecule has 3 heteroatoms. The fraction of sp³-hybridized carbons (Fsp3) is 0.417. The molecule has 0 atom stereocenters. The average Bonchev–Trinajstić information content (AvgIpc) is 2.19. The molecule has 81 valence electrons. The molecule has 0 bridgehead atoms. The van der Waals surface area contributed by atoms with E-state index in [0.29, 0.717) is 6.42 Å². The molecule has 0 aliphatic carbocycles. The van der Waals surface area contributed by atoms with Crippen molar-refractivity contribution in [3.63, 3.8) is 0 Å². The van der Waals surface area contributed by atoms with Crippen LogP contribution in [-0.2, 0) is 30.0 Å². The van der Waals surface area contributed by atoms with Gasteiger partial charge >= 0.3 is 60.6 Å². The van der Waals surface area contributed by atoms with E-state index in [9.17, 15) is 4.79 Å². The predicted molar refractivity (Wildman–Crippen MR) is 57.6 cm³/mol. The first kappa shape index (κ1) is 14.4. The molecule has 0 spiro atoms. The first-order chi connectivity index (χ1) is 7.06. The van der Waals surface area contributed by atoms with Crippen LogP contribution in [0.3, 0.4) is 0 Å². The third-order valence-corrected chi connectivity index (χ3v) is 1.95. The molecule has 15 heavy (non-hydrogen) atoms. The van der Waals surface area contributed by atoms with E-state index < -0.39 is 0 Å². The van der Waals surface area contributed by atoms with Gasteiger partial charge in [-0.15, -0.1) is 0 Å². The number of hydrogen-bond donors (Lipinski definition) is 0. The van der Waals surface area contributed by atoms with Crippen molar-refractivity contribution in [1.82, 2.24) is 0 Å². The van der Waals surface area contributed by atoms with Crippen molar-refractivity contribution in [1.29, 1.82) is 0 Å². The second-order valence-corrected chi connectivity index (χ2v) is 4.16. The van der Waals surface area contributed by atoms with E-state index >= 15 is 0 Å². The number of rotatable bonds is 2. The van der Waals surface area contributed by atoms with Gasteiger partial charge in [-0.25, -0.2) is 0 Å². The van der Waals surface area contributed by atoms with Crippen molar-refractivity contribution in [3.05, 3.63) is 30.3 Å². The van der Waals surface area contributed by atoms with E-state index in [2.05, 4.69) is 32.6 Å². The molecule has 2 nitrogen and oxygen atoms in total. The van der Waals surface area contributed by atoms with Crippen LogP contribution >= 0.6 is 0 Å². The predicted octanol–water partition coefficient (Wildman–Crippen LogP) is 2.21. The fourth-order valence-electron chi connectivity index (χ4n) is 0.784. The molecular weight excluding hydrogens is 224 g/mol. The fourth-order valence-corrected chi connectivity index (χ4v) is 1.08. The molecule has 0 heterocycles. The third kappa shape index (κ3) is 9.70. The first-order valence-corrected chi connectivity index (χ1v) is 5.80. The van der Waals surface area contributed by atoms with Gasteiger partial charge in [0.05, 0.1) is 6.10 Å². The van der Waals surface area contributed by atoms with Gasteiger partial charge in [0, 0.05) is 6.42 Å². The molecule has 0 amide bonds. The molecule has 0 saturated heterocycles. The van der Waals surface area contributed by atoms with Crippen LogP contribution in [0.4, 0.5) is 0 Å². The molecule has 0 fully saturated rings. The minimum atomic E-state index is -0.125. The molecule has 1 aromatic rings. The van der Waals surface area contributed by atoms with Crippen LogP contribution in [0.25, 0.3) is 0 Å². The molecule has 0 aromatic heterocycles. The summed E-state index contributed by atoms with van der Waals surface area (Å²) < 4.78 is 6.08. The van der Waals surface area contributed by atoms with Gasteiger partial charge in [0.15, 0.2) is 0 Å². The van der Waals surface area contributed by atoms with Crippen LogP contribution in [0.2, 0.25) is 0 Å². The van der Waals surface area contributed by atoms with Crippen LogP contribution < -0.4 is 3.87 Å². The van der Waals surface area contributed by atoms with Gasteiger partial charge in [0.1, 0.15) is 0 Å². The molecule has 1 aromatic carbocycles. The summed E-state index contributed by atoms with van der Waals surface area (Å²) in [6.45, 7) is 5.46. The molecule has 0 radical (unpaired) electrons. The SMILES string of the molecule is CCC(=O)OC(C)C.[Ti][c]1ccccc1. The zero-order valence-corrected chi connectivity index (χ0v) is 11.0. The number of hydrogen-bond acceptors (Lipinski definition) is 2. The van der Waals surface area contributed by atoms with Crippen molar-refractivity contribution >= 4 is 9.84 Å². The quantitative estimate of drug-likeness (QED) is 0.586. The Balaban J connectivity index is 0.000000262. The molecule has 0 saturated carbocycles. The zero-order chi connectivity index (χ0) is 11.7. The van der Waals surface area contributed by atoms with E-state index in [-0.39, 0.29) is 12.1 Å². The summed E-state index contributed by atoms with van der Waals surface area (Å²) in [5, 5.41) is 0. The van der Waals surface area contributed by atoms with Crippen LogP contribution in [0.1, 0.15) is 27.2 Å². The zero-order valence-electron chi connectivity index (χ0n) is 9.49. The summed E-state index contributed by atoms with van der Waals surface area (Å²) in [4.78, 5) is 10.4. The van der Waals surface area contributed by atoms with Gasteiger partial charge < -0.3 is 4.74 Å².